The van der Waals surface area contributed by atoms with Crippen LogP contribution in [0.1, 0.15) is 36.8 Å². The molecule has 0 aromatic carbocycles. The molecule has 0 aliphatic heterocycles. The molecule has 7 heteroatoms. The Morgan fingerprint density at radius 3 is 2.11 bits per heavy atom. The first kappa shape index (κ1) is 14.5. The van der Waals surface area contributed by atoms with Crippen LogP contribution in [0.5, 0.6) is 5.88 Å². The first-order valence-corrected chi connectivity index (χ1v) is 5.25. The summed E-state index contributed by atoms with van der Waals surface area (Å²) in [5, 5.41) is 3.96. The minimum absolute atomic E-state index is 0.00380. The van der Waals surface area contributed by atoms with Crippen molar-refractivity contribution in [2.24, 2.45) is 0 Å². The molecule has 1 heterocycles. The van der Waals surface area contributed by atoms with Crippen LogP contribution in [0.25, 0.3) is 0 Å². The maximum Gasteiger partial charge on any atom is 0.455 e. The molecule has 18 heavy (non-hydrogen) atoms. The Balaban J connectivity index is 3.47. The standard InChI is InChI=1S/C11H15F3N2O2/c1-6-7(8(17)11(12,13)14)9(18-5)16(15-6)10(2,3)4/h1-5H3. The number of aromatic nitrogens is 2. The van der Waals surface area contributed by atoms with Gasteiger partial charge in [0, 0.05) is 0 Å². The van der Waals surface area contributed by atoms with E-state index in [1.807, 2.05) is 0 Å². The molecule has 1 aromatic rings. The minimum atomic E-state index is -4.94. The summed E-state index contributed by atoms with van der Waals surface area (Å²) in [7, 11) is 1.21. The number of carbonyl (C=O) groups is 1. The van der Waals surface area contributed by atoms with Crippen molar-refractivity contribution < 1.29 is 22.7 Å². The van der Waals surface area contributed by atoms with Crippen molar-refractivity contribution in [1.29, 1.82) is 0 Å². The Hall–Kier alpha value is -1.53. The van der Waals surface area contributed by atoms with Gasteiger partial charge in [0.2, 0.25) is 5.88 Å². The van der Waals surface area contributed by atoms with Crippen LogP contribution in [0.15, 0.2) is 0 Å². The molecule has 1 aromatic heterocycles. The van der Waals surface area contributed by atoms with E-state index in [4.69, 9.17) is 4.74 Å². The number of halogens is 3. The summed E-state index contributed by atoms with van der Waals surface area (Å²) in [6.07, 6.45) is -4.94. The predicted octanol–water partition coefficient (Wildman–Crippen LogP) is 2.70. The van der Waals surface area contributed by atoms with Crippen molar-refractivity contribution in [2.45, 2.75) is 39.4 Å². The van der Waals surface area contributed by atoms with Gasteiger partial charge in [0.25, 0.3) is 5.78 Å². The van der Waals surface area contributed by atoms with Gasteiger partial charge in [0.15, 0.2) is 0 Å². The number of alkyl halides is 3. The molecule has 0 aliphatic rings. The molecule has 1 rings (SSSR count). The molecule has 0 saturated carbocycles. The molecule has 0 unspecified atom stereocenters. The molecule has 0 bridgehead atoms. The SMILES string of the molecule is COc1c(C(=O)C(F)(F)F)c(C)nn1C(C)(C)C. The van der Waals surface area contributed by atoms with Crippen LogP contribution in [-0.2, 0) is 5.54 Å². The summed E-state index contributed by atoms with van der Waals surface area (Å²) in [6.45, 7) is 6.61. The van der Waals surface area contributed by atoms with Crippen LogP contribution in [0.2, 0.25) is 0 Å². The maximum atomic E-state index is 12.5. The van der Waals surface area contributed by atoms with E-state index in [9.17, 15) is 18.0 Å². The van der Waals surface area contributed by atoms with E-state index in [1.54, 1.807) is 20.8 Å². The highest BCUT2D eigenvalue weighted by Crippen LogP contribution is 2.33. The van der Waals surface area contributed by atoms with Crippen molar-refractivity contribution in [2.75, 3.05) is 7.11 Å². The van der Waals surface area contributed by atoms with Crippen LogP contribution < -0.4 is 4.74 Å². The minimum Gasteiger partial charge on any atom is -0.481 e. The zero-order valence-electron chi connectivity index (χ0n) is 10.8. The van der Waals surface area contributed by atoms with E-state index in [1.165, 1.54) is 18.7 Å². The molecule has 0 radical (unpaired) electrons. The first-order valence-electron chi connectivity index (χ1n) is 5.25. The van der Waals surface area contributed by atoms with Gasteiger partial charge in [0.1, 0.15) is 5.56 Å². The number of ketones is 1. The number of methoxy groups -OCH3 is 1. The van der Waals surface area contributed by atoms with E-state index >= 15 is 0 Å². The van der Waals surface area contributed by atoms with Gasteiger partial charge in [-0.3, -0.25) is 4.79 Å². The molecule has 0 saturated heterocycles. The summed E-state index contributed by atoms with van der Waals surface area (Å²) < 4.78 is 43.7. The highest BCUT2D eigenvalue weighted by atomic mass is 19.4. The number of ether oxygens (including phenoxy) is 1. The van der Waals surface area contributed by atoms with Gasteiger partial charge in [-0.1, -0.05) is 0 Å². The van der Waals surface area contributed by atoms with E-state index in [0.717, 1.165) is 0 Å². The average Bonchev–Trinajstić information content (AvgIpc) is 2.51. The topological polar surface area (TPSA) is 44.1 Å². The lowest BCUT2D eigenvalue weighted by Gasteiger charge is -2.21. The number of aryl methyl sites for hydroxylation is 1. The molecule has 102 valence electrons. The van der Waals surface area contributed by atoms with Crippen molar-refractivity contribution in [3.8, 4) is 5.88 Å². The normalized spacial score (nSPS) is 12.7. The summed E-state index contributed by atoms with van der Waals surface area (Å²) in [5.74, 6) is -2.10. The molecular formula is C11H15F3N2O2. The quantitative estimate of drug-likeness (QED) is 0.771. The van der Waals surface area contributed by atoms with Gasteiger partial charge in [-0.05, 0) is 27.7 Å². The largest absolute Gasteiger partial charge is 0.481 e. The Morgan fingerprint density at radius 2 is 1.78 bits per heavy atom. The monoisotopic (exact) mass is 264 g/mol. The molecule has 0 amide bonds. The third-order valence-corrected chi connectivity index (χ3v) is 2.33. The van der Waals surface area contributed by atoms with E-state index in [-0.39, 0.29) is 11.6 Å². The van der Waals surface area contributed by atoms with Crippen molar-refractivity contribution in [3.05, 3.63) is 11.3 Å². The summed E-state index contributed by atoms with van der Waals surface area (Å²) >= 11 is 0. The second kappa shape index (κ2) is 4.29. The molecule has 4 nitrogen and oxygen atoms in total. The smallest absolute Gasteiger partial charge is 0.455 e. The van der Waals surface area contributed by atoms with Gasteiger partial charge in [-0.2, -0.15) is 18.3 Å². The van der Waals surface area contributed by atoms with Gasteiger partial charge < -0.3 is 4.74 Å². The maximum absolute atomic E-state index is 12.5. The van der Waals surface area contributed by atoms with Crippen molar-refractivity contribution in [1.82, 2.24) is 9.78 Å². The number of rotatable bonds is 2. The molecule has 0 fully saturated rings. The number of carbonyl (C=O) groups excluding carboxylic acids is 1. The zero-order valence-corrected chi connectivity index (χ0v) is 10.8. The Bertz CT molecular complexity index is 470. The first-order chi connectivity index (χ1) is 8.00. The van der Waals surface area contributed by atoms with Crippen LogP contribution in [0, 0.1) is 6.92 Å². The van der Waals surface area contributed by atoms with Gasteiger partial charge in [-0.25, -0.2) is 4.68 Å². The van der Waals surface area contributed by atoms with Crippen LogP contribution in [0.4, 0.5) is 13.2 Å². The summed E-state index contributed by atoms with van der Waals surface area (Å²) in [4.78, 5) is 11.3. The molecular weight excluding hydrogens is 249 g/mol. The van der Waals surface area contributed by atoms with Crippen LogP contribution in [0.3, 0.4) is 0 Å². The number of nitrogens with zero attached hydrogens (tertiary/aromatic N) is 2. The van der Waals surface area contributed by atoms with Crippen molar-refractivity contribution >= 4 is 5.78 Å². The Morgan fingerprint density at radius 1 is 1.28 bits per heavy atom. The molecule has 0 N–H and O–H groups in total. The fourth-order valence-corrected chi connectivity index (χ4v) is 1.55. The van der Waals surface area contributed by atoms with E-state index < -0.39 is 23.1 Å². The van der Waals surface area contributed by atoms with E-state index in [0.29, 0.717) is 0 Å². The Labute approximate surface area is 103 Å². The second-order valence-electron chi connectivity index (χ2n) is 4.88. The fraction of sp³-hybridized carbons (Fsp3) is 0.636. The molecule has 0 spiro atoms. The lowest BCUT2D eigenvalue weighted by molar-refractivity contribution is -0.0887. The Kier molecular flexibility index (Phi) is 3.47. The zero-order chi connectivity index (χ0) is 14.3. The highest BCUT2D eigenvalue weighted by molar-refractivity contribution is 6.03. The number of hydrogen-bond donors (Lipinski definition) is 0. The lowest BCUT2D eigenvalue weighted by atomic mass is 10.1. The van der Waals surface area contributed by atoms with Gasteiger partial charge >= 0.3 is 6.18 Å². The fourth-order valence-electron chi connectivity index (χ4n) is 1.55. The lowest BCUT2D eigenvalue weighted by Crippen LogP contribution is -2.26. The molecule has 0 atom stereocenters. The highest BCUT2D eigenvalue weighted by Gasteiger charge is 2.44. The predicted molar refractivity (Wildman–Crippen MR) is 58.9 cm³/mol. The summed E-state index contributed by atoms with van der Waals surface area (Å²) in [6, 6.07) is 0. The van der Waals surface area contributed by atoms with Gasteiger partial charge in [0.05, 0.1) is 18.3 Å². The van der Waals surface area contributed by atoms with Crippen LogP contribution in [-0.4, -0.2) is 28.8 Å². The second-order valence-corrected chi connectivity index (χ2v) is 4.88. The van der Waals surface area contributed by atoms with Crippen molar-refractivity contribution in [3.63, 3.8) is 0 Å². The number of hydrogen-bond acceptors (Lipinski definition) is 3. The number of Topliss-reactive ketones (excluding diaryl/α,β-unsaturated/α-hetero) is 1. The molecule has 0 aliphatic carbocycles. The third-order valence-electron chi connectivity index (χ3n) is 2.33. The average molecular weight is 264 g/mol. The summed E-state index contributed by atoms with van der Waals surface area (Å²) in [5.41, 5.74) is -1.11. The van der Waals surface area contributed by atoms with Gasteiger partial charge in [-0.15, -0.1) is 0 Å². The third kappa shape index (κ3) is 2.49. The van der Waals surface area contributed by atoms with Crippen LogP contribution >= 0.6 is 0 Å². The van der Waals surface area contributed by atoms with E-state index in [2.05, 4.69) is 5.10 Å².